The largest absolute Gasteiger partial charge is 0.388 e. The molecule has 0 aliphatic carbocycles. The second kappa shape index (κ2) is 5.67. The van der Waals surface area contributed by atoms with Gasteiger partial charge in [0.25, 0.3) is 5.91 Å². The highest BCUT2D eigenvalue weighted by molar-refractivity contribution is 6.31. The fraction of sp³-hybridized carbons (Fsp3) is 0.0769. The molecule has 2 aromatic rings. The Bertz CT molecular complexity index is 619. The molecule has 0 radical (unpaired) electrons. The van der Waals surface area contributed by atoms with Crippen LogP contribution in [0.15, 0.2) is 36.5 Å². The quantitative estimate of drug-likeness (QED) is 0.907. The standard InChI is InChI=1S/C13H11ClFN3O/c1-16-9-4-5-17-12(7-9)13(19)18-11-6-8(14)2-3-10(11)15/h2-7H,1H3,(H,16,17)(H,18,19). The number of pyridine rings is 1. The summed E-state index contributed by atoms with van der Waals surface area (Å²) in [6.45, 7) is 0. The molecule has 0 aliphatic heterocycles. The summed E-state index contributed by atoms with van der Waals surface area (Å²) in [4.78, 5) is 15.9. The van der Waals surface area contributed by atoms with Gasteiger partial charge in [0.1, 0.15) is 11.5 Å². The third-order valence-corrected chi connectivity index (χ3v) is 2.69. The van der Waals surface area contributed by atoms with E-state index in [1.54, 1.807) is 19.2 Å². The van der Waals surface area contributed by atoms with Crippen molar-refractivity contribution in [3.8, 4) is 0 Å². The molecule has 4 nitrogen and oxygen atoms in total. The Morgan fingerprint density at radius 3 is 2.84 bits per heavy atom. The van der Waals surface area contributed by atoms with E-state index in [0.29, 0.717) is 5.02 Å². The third kappa shape index (κ3) is 3.20. The highest BCUT2D eigenvalue weighted by atomic mass is 35.5. The Balaban J connectivity index is 2.22. The van der Waals surface area contributed by atoms with Crippen LogP contribution in [-0.2, 0) is 0 Å². The summed E-state index contributed by atoms with van der Waals surface area (Å²) in [6, 6.07) is 7.23. The predicted molar refractivity (Wildman–Crippen MR) is 73.1 cm³/mol. The van der Waals surface area contributed by atoms with Crippen LogP contribution in [0.3, 0.4) is 0 Å². The molecule has 0 saturated carbocycles. The molecule has 1 heterocycles. The second-order valence-corrected chi connectivity index (χ2v) is 4.19. The molecule has 1 aromatic carbocycles. The van der Waals surface area contributed by atoms with Crippen molar-refractivity contribution < 1.29 is 9.18 Å². The third-order valence-electron chi connectivity index (χ3n) is 2.46. The number of nitrogens with one attached hydrogen (secondary N) is 2. The lowest BCUT2D eigenvalue weighted by molar-refractivity contribution is 0.102. The van der Waals surface area contributed by atoms with E-state index in [9.17, 15) is 9.18 Å². The van der Waals surface area contributed by atoms with Crippen LogP contribution in [0.1, 0.15) is 10.5 Å². The summed E-state index contributed by atoms with van der Waals surface area (Å²) in [7, 11) is 1.73. The summed E-state index contributed by atoms with van der Waals surface area (Å²) in [5.74, 6) is -1.05. The van der Waals surface area contributed by atoms with Crippen molar-refractivity contribution in [3.63, 3.8) is 0 Å². The smallest absolute Gasteiger partial charge is 0.274 e. The molecular formula is C13H11ClFN3O. The van der Waals surface area contributed by atoms with Crippen molar-refractivity contribution in [1.82, 2.24) is 4.98 Å². The van der Waals surface area contributed by atoms with Gasteiger partial charge in [-0.15, -0.1) is 0 Å². The number of carbonyl (C=O) groups is 1. The van der Waals surface area contributed by atoms with Gasteiger partial charge in [0.2, 0.25) is 0 Å². The average molecular weight is 280 g/mol. The number of nitrogens with zero attached hydrogens (tertiary/aromatic N) is 1. The van der Waals surface area contributed by atoms with Crippen molar-refractivity contribution >= 4 is 28.9 Å². The van der Waals surface area contributed by atoms with Crippen molar-refractivity contribution in [2.24, 2.45) is 0 Å². The minimum atomic E-state index is -0.553. The van der Waals surface area contributed by atoms with Gasteiger partial charge in [-0.05, 0) is 30.3 Å². The number of hydrogen-bond acceptors (Lipinski definition) is 3. The number of anilines is 2. The van der Waals surface area contributed by atoms with Gasteiger partial charge in [-0.1, -0.05) is 11.6 Å². The summed E-state index contributed by atoms with van der Waals surface area (Å²) in [6.07, 6.45) is 1.50. The molecule has 0 saturated heterocycles. The monoisotopic (exact) mass is 279 g/mol. The molecule has 1 aromatic heterocycles. The maximum atomic E-state index is 13.5. The van der Waals surface area contributed by atoms with Gasteiger partial charge in [-0.2, -0.15) is 0 Å². The van der Waals surface area contributed by atoms with E-state index in [-0.39, 0.29) is 11.4 Å². The zero-order chi connectivity index (χ0) is 13.8. The van der Waals surface area contributed by atoms with Crippen LogP contribution in [0.2, 0.25) is 5.02 Å². The van der Waals surface area contributed by atoms with Crippen LogP contribution < -0.4 is 10.6 Å². The SMILES string of the molecule is CNc1ccnc(C(=O)Nc2cc(Cl)ccc2F)c1. The van der Waals surface area contributed by atoms with Crippen molar-refractivity contribution in [1.29, 1.82) is 0 Å². The van der Waals surface area contributed by atoms with Gasteiger partial charge in [-0.25, -0.2) is 4.39 Å². The van der Waals surface area contributed by atoms with Crippen LogP contribution in [0.5, 0.6) is 0 Å². The molecule has 98 valence electrons. The maximum absolute atomic E-state index is 13.5. The molecule has 1 amide bonds. The average Bonchev–Trinajstić information content (AvgIpc) is 2.43. The maximum Gasteiger partial charge on any atom is 0.274 e. The highest BCUT2D eigenvalue weighted by Gasteiger charge is 2.11. The highest BCUT2D eigenvalue weighted by Crippen LogP contribution is 2.20. The molecular weight excluding hydrogens is 269 g/mol. The first-order valence-electron chi connectivity index (χ1n) is 5.50. The Labute approximate surface area is 114 Å². The molecule has 0 unspecified atom stereocenters. The second-order valence-electron chi connectivity index (χ2n) is 3.76. The van der Waals surface area contributed by atoms with E-state index in [1.165, 1.54) is 24.4 Å². The van der Waals surface area contributed by atoms with Gasteiger partial charge < -0.3 is 10.6 Å². The molecule has 0 fully saturated rings. The van der Waals surface area contributed by atoms with Gasteiger partial charge in [0.05, 0.1) is 5.69 Å². The van der Waals surface area contributed by atoms with Crippen LogP contribution >= 0.6 is 11.6 Å². The number of benzene rings is 1. The number of halogens is 2. The fourth-order valence-electron chi connectivity index (χ4n) is 1.49. The summed E-state index contributed by atoms with van der Waals surface area (Å²) >= 11 is 5.75. The number of carbonyl (C=O) groups excluding carboxylic acids is 1. The predicted octanol–water partition coefficient (Wildman–Crippen LogP) is 3.17. The van der Waals surface area contributed by atoms with Gasteiger partial charge in [0.15, 0.2) is 0 Å². The van der Waals surface area contributed by atoms with Crippen molar-refractivity contribution in [2.45, 2.75) is 0 Å². The zero-order valence-corrected chi connectivity index (χ0v) is 10.8. The van der Waals surface area contributed by atoms with E-state index < -0.39 is 11.7 Å². The molecule has 2 rings (SSSR count). The Hall–Kier alpha value is -2.14. The van der Waals surface area contributed by atoms with E-state index in [2.05, 4.69) is 15.6 Å². The molecule has 2 N–H and O–H groups in total. The first-order valence-corrected chi connectivity index (χ1v) is 5.88. The Morgan fingerprint density at radius 2 is 2.11 bits per heavy atom. The minimum Gasteiger partial charge on any atom is -0.388 e. The van der Waals surface area contributed by atoms with Crippen molar-refractivity contribution in [2.75, 3.05) is 17.7 Å². The lowest BCUT2D eigenvalue weighted by Crippen LogP contribution is -2.14. The van der Waals surface area contributed by atoms with Gasteiger partial charge in [0, 0.05) is 24.0 Å². The van der Waals surface area contributed by atoms with E-state index in [4.69, 9.17) is 11.6 Å². The fourth-order valence-corrected chi connectivity index (χ4v) is 1.66. The summed E-state index contributed by atoms with van der Waals surface area (Å²) in [5, 5.41) is 5.66. The van der Waals surface area contributed by atoms with Crippen LogP contribution in [0.4, 0.5) is 15.8 Å². The first-order chi connectivity index (χ1) is 9.10. The molecule has 0 aliphatic rings. The van der Waals surface area contributed by atoms with Crippen LogP contribution in [0, 0.1) is 5.82 Å². The van der Waals surface area contributed by atoms with Gasteiger partial charge >= 0.3 is 0 Å². The molecule has 0 atom stereocenters. The molecule has 19 heavy (non-hydrogen) atoms. The first kappa shape index (κ1) is 13.3. The Morgan fingerprint density at radius 1 is 1.32 bits per heavy atom. The van der Waals surface area contributed by atoms with E-state index in [0.717, 1.165) is 5.69 Å². The minimum absolute atomic E-state index is 0.0224. The van der Waals surface area contributed by atoms with Crippen molar-refractivity contribution in [3.05, 3.63) is 53.1 Å². The van der Waals surface area contributed by atoms with E-state index >= 15 is 0 Å². The number of rotatable bonds is 3. The van der Waals surface area contributed by atoms with Crippen LogP contribution in [-0.4, -0.2) is 17.9 Å². The number of amides is 1. The van der Waals surface area contributed by atoms with E-state index in [1.807, 2.05) is 0 Å². The van der Waals surface area contributed by atoms with Crippen LogP contribution in [0.25, 0.3) is 0 Å². The van der Waals surface area contributed by atoms with Gasteiger partial charge in [-0.3, -0.25) is 9.78 Å². The lowest BCUT2D eigenvalue weighted by Gasteiger charge is -2.07. The topological polar surface area (TPSA) is 54.0 Å². The summed E-state index contributed by atoms with van der Waals surface area (Å²) in [5.41, 5.74) is 0.951. The molecule has 0 spiro atoms. The Kier molecular flexibility index (Phi) is 3.97. The normalized spacial score (nSPS) is 10.1. The number of hydrogen-bond donors (Lipinski definition) is 2. The number of aromatic nitrogens is 1. The lowest BCUT2D eigenvalue weighted by atomic mass is 10.2. The molecule has 0 bridgehead atoms. The zero-order valence-electron chi connectivity index (χ0n) is 10.1. The summed E-state index contributed by atoms with van der Waals surface area (Å²) < 4.78 is 13.5. The molecule has 6 heteroatoms.